The molecular formula is C34H31BrN2O7. The average Bonchev–Trinajstić information content (AvgIpc) is 3.03. The molecule has 0 saturated carbocycles. The second-order valence-corrected chi connectivity index (χ2v) is 11.0. The Morgan fingerprint density at radius 1 is 0.977 bits per heavy atom. The van der Waals surface area contributed by atoms with Gasteiger partial charge in [-0.2, -0.15) is 5.26 Å². The van der Waals surface area contributed by atoms with Gasteiger partial charge in [-0.1, -0.05) is 42.5 Å². The summed E-state index contributed by atoms with van der Waals surface area (Å²) < 4.78 is 24.6. The van der Waals surface area contributed by atoms with E-state index in [0.29, 0.717) is 41.6 Å². The van der Waals surface area contributed by atoms with Crippen molar-refractivity contribution >= 4 is 21.9 Å². The van der Waals surface area contributed by atoms with Gasteiger partial charge in [-0.25, -0.2) is 0 Å². The molecule has 0 bridgehead atoms. The third-order valence-electron chi connectivity index (χ3n) is 7.08. The molecule has 4 aromatic carbocycles. The van der Waals surface area contributed by atoms with Crippen molar-refractivity contribution in [3.8, 4) is 40.2 Å². The minimum absolute atomic E-state index is 0.138. The molecule has 0 aliphatic carbocycles. The Hall–Kier alpha value is -4.56. The highest BCUT2D eigenvalue weighted by Gasteiger charge is 2.23. The van der Waals surface area contributed by atoms with Crippen LogP contribution in [0.5, 0.6) is 23.0 Å². The molecule has 1 aliphatic rings. The van der Waals surface area contributed by atoms with Gasteiger partial charge in [0.1, 0.15) is 44.0 Å². The number of carboxylic acid groups (broad SMARTS) is 1. The van der Waals surface area contributed by atoms with Gasteiger partial charge >= 0.3 is 5.97 Å². The number of nitriles is 1. The first-order valence-electron chi connectivity index (χ1n) is 14.0. The summed E-state index contributed by atoms with van der Waals surface area (Å²) in [5.74, 6) is 1.33. The number of aliphatic hydroxyl groups excluding tert-OH is 1. The van der Waals surface area contributed by atoms with Gasteiger partial charge < -0.3 is 29.2 Å². The van der Waals surface area contributed by atoms with E-state index < -0.39 is 18.1 Å². The summed E-state index contributed by atoms with van der Waals surface area (Å²) >= 11 is 3.76. The number of hydrogen-bond donors (Lipinski definition) is 3. The van der Waals surface area contributed by atoms with Crippen molar-refractivity contribution in [3.63, 3.8) is 0 Å². The van der Waals surface area contributed by atoms with E-state index in [1.54, 1.807) is 36.4 Å². The Kier molecular flexibility index (Phi) is 10.0. The lowest BCUT2D eigenvalue weighted by atomic mass is 10.0. The van der Waals surface area contributed by atoms with Crippen LogP contribution in [0.1, 0.15) is 29.2 Å². The van der Waals surface area contributed by atoms with Gasteiger partial charge in [0.2, 0.25) is 0 Å². The van der Waals surface area contributed by atoms with E-state index in [1.165, 1.54) is 6.92 Å². The highest BCUT2D eigenvalue weighted by atomic mass is 79.9. The maximum atomic E-state index is 11.6. The molecule has 2 atom stereocenters. The van der Waals surface area contributed by atoms with E-state index in [-0.39, 0.29) is 19.8 Å². The zero-order chi connectivity index (χ0) is 31.1. The minimum Gasteiger partial charge on any atom is -0.489 e. The number of halogens is 1. The van der Waals surface area contributed by atoms with E-state index in [0.717, 1.165) is 32.5 Å². The molecule has 0 aromatic heterocycles. The van der Waals surface area contributed by atoms with E-state index >= 15 is 0 Å². The molecule has 226 valence electrons. The number of nitrogens with zero attached hydrogens (tertiary/aromatic N) is 1. The number of benzene rings is 4. The predicted molar refractivity (Wildman–Crippen MR) is 167 cm³/mol. The summed E-state index contributed by atoms with van der Waals surface area (Å²) in [4.78, 5) is 11.6. The smallest absolute Gasteiger partial charge is 0.323 e. The minimum atomic E-state index is -1.15. The van der Waals surface area contributed by atoms with Gasteiger partial charge in [0.05, 0.1) is 17.7 Å². The van der Waals surface area contributed by atoms with Crippen LogP contribution in [0.25, 0.3) is 11.1 Å². The van der Waals surface area contributed by atoms with Crippen LogP contribution in [-0.4, -0.2) is 41.5 Å². The van der Waals surface area contributed by atoms with E-state index in [9.17, 15) is 20.3 Å². The van der Waals surface area contributed by atoms with Crippen LogP contribution < -0.4 is 24.3 Å². The van der Waals surface area contributed by atoms with Crippen molar-refractivity contribution in [1.82, 2.24) is 5.32 Å². The number of aliphatic carboxylic acids is 1. The number of ether oxygens (including phenoxy) is 4. The lowest BCUT2D eigenvalue weighted by Gasteiger charge is -2.20. The molecule has 0 unspecified atom stereocenters. The number of nitrogens with one attached hydrogen (secondary N) is 1. The molecule has 0 radical (unpaired) electrons. The Labute approximate surface area is 263 Å². The summed E-state index contributed by atoms with van der Waals surface area (Å²) in [6.07, 6.45) is -1.09. The van der Waals surface area contributed by atoms with Crippen LogP contribution in [0, 0.1) is 11.3 Å². The van der Waals surface area contributed by atoms with Crippen LogP contribution in [0.3, 0.4) is 0 Å². The van der Waals surface area contributed by atoms with Crippen LogP contribution in [-0.2, 0) is 24.6 Å². The fraction of sp³-hybridized carbons (Fsp3) is 0.235. The number of carbonyl (C=O) groups is 1. The molecule has 3 N–H and O–H groups in total. The lowest BCUT2D eigenvalue weighted by molar-refractivity contribution is -0.142. The first kappa shape index (κ1) is 30.9. The topological polar surface area (TPSA) is 130 Å². The maximum absolute atomic E-state index is 11.6. The SMILES string of the molecule is C[C@H](O)[C@@H](NCc1ccc(OCc2cccc(-c3ccc4c(c3)OCCO4)c2Br)cc1OCc1cccc(C#N)c1)C(=O)O. The van der Waals surface area contributed by atoms with Crippen molar-refractivity contribution in [1.29, 1.82) is 5.26 Å². The highest BCUT2D eigenvalue weighted by Crippen LogP contribution is 2.38. The quantitative estimate of drug-likeness (QED) is 0.172. The third kappa shape index (κ3) is 7.50. The van der Waals surface area contributed by atoms with E-state index in [2.05, 4.69) is 27.3 Å². The highest BCUT2D eigenvalue weighted by molar-refractivity contribution is 9.10. The van der Waals surface area contributed by atoms with Crippen molar-refractivity contribution in [2.45, 2.75) is 38.8 Å². The average molecular weight is 660 g/mol. The van der Waals surface area contributed by atoms with Crippen LogP contribution in [0.2, 0.25) is 0 Å². The maximum Gasteiger partial charge on any atom is 0.323 e. The van der Waals surface area contributed by atoms with Gasteiger partial charge in [0.25, 0.3) is 0 Å². The van der Waals surface area contributed by atoms with E-state index in [1.807, 2.05) is 42.5 Å². The van der Waals surface area contributed by atoms with Gasteiger partial charge in [0.15, 0.2) is 11.5 Å². The van der Waals surface area contributed by atoms with Crippen molar-refractivity contribution in [2.24, 2.45) is 0 Å². The Bertz CT molecular complexity index is 1680. The number of rotatable bonds is 12. The first-order valence-corrected chi connectivity index (χ1v) is 14.8. The van der Waals surface area contributed by atoms with Crippen molar-refractivity contribution < 1.29 is 34.0 Å². The number of carboxylic acids is 1. The third-order valence-corrected chi connectivity index (χ3v) is 8.01. The molecule has 1 aliphatic heterocycles. The fourth-order valence-corrected chi connectivity index (χ4v) is 5.37. The molecule has 0 saturated heterocycles. The van der Waals surface area contributed by atoms with E-state index in [4.69, 9.17) is 18.9 Å². The van der Waals surface area contributed by atoms with Gasteiger partial charge in [-0.3, -0.25) is 10.1 Å². The molecule has 10 heteroatoms. The molecule has 44 heavy (non-hydrogen) atoms. The molecule has 4 aromatic rings. The molecule has 0 spiro atoms. The zero-order valence-corrected chi connectivity index (χ0v) is 25.5. The molecule has 0 fully saturated rings. The second-order valence-electron chi connectivity index (χ2n) is 10.2. The summed E-state index contributed by atoms with van der Waals surface area (Å²) in [6, 6.07) is 25.3. The Balaban J connectivity index is 1.35. The number of fused-ring (bicyclic) bond motifs is 1. The largest absolute Gasteiger partial charge is 0.489 e. The van der Waals surface area contributed by atoms with Crippen LogP contribution in [0.15, 0.2) is 83.3 Å². The Morgan fingerprint density at radius 3 is 2.55 bits per heavy atom. The van der Waals surface area contributed by atoms with Crippen LogP contribution in [0.4, 0.5) is 0 Å². The van der Waals surface area contributed by atoms with Gasteiger partial charge in [-0.15, -0.1) is 0 Å². The van der Waals surface area contributed by atoms with Gasteiger partial charge in [-0.05, 0) is 69.9 Å². The number of aliphatic hydroxyl groups is 1. The molecular weight excluding hydrogens is 628 g/mol. The van der Waals surface area contributed by atoms with Crippen molar-refractivity contribution in [2.75, 3.05) is 13.2 Å². The predicted octanol–water partition coefficient (Wildman–Crippen LogP) is 5.84. The fourth-order valence-electron chi connectivity index (χ4n) is 4.77. The monoisotopic (exact) mass is 658 g/mol. The summed E-state index contributed by atoms with van der Waals surface area (Å²) in [7, 11) is 0. The lowest BCUT2D eigenvalue weighted by Crippen LogP contribution is -2.44. The van der Waals surface area contributed by atoms with Crippen LogP contribution >= 0.6 is 15.9 Å². The van der Waals surface area contributed by atoms with Gasteiger partial charge in [0, 0.05) is 28.2 Å². The first-order chi connectivity index (χ1) is 21.3. The molecule has 9 nitrogen and oxygen atoms in total. The standard InChI is InChI=1S/C34H31BrN2O7/c1-21(38)33(34(39)40)37-18-25-8-10-27(16-30(25)44-19-23-5-2-4-22(14-23)17-36)43-20-26-6-3-7-28(32(26)35)24-9-11-29-31(15-24)42-13-12-41-29/h2-11,14-16,21,33,37-38H,12-13,18-20H2,1H3,(H,39,40)/t21-,33+/m0/s1. The normalized spacial score (nSPS) is 13.4. The number of hydrogen-bond acceptors (Lipinski definition) is 8. The van der Waals surface area contributed by atoms with Crippen molar-refractivity contribution in [3.05, 3.63) is 106 Å². The molecule has 1 heterocycles. The zero-order valence-electron chi connectivity index (χ0n) is 24.0. The summed E-state index contributed by atoms with van der Waals surface area (Å²) in [5.41, 5.74) is 4.91. The Morgan fingerprint density at radius 2 is 1.77 bits per heavy atom. The second kappa shape index (κ2) is 14.3. The molecule has 0 amide bonds. The molecule has 5 rings (SSSR count). The summed E-state index contributed by atoms with van der Waals surface area (Å²) in [5, 5.41) is 31.5. The summed E-state index contributed by atoms with van der Waals surface area (Å²) in [6.45, 7) is 3.06.